The molecule has 2 N–H and O–H groups in total. The molecule has 1 aromatic heterocycles. The van der Waals surface area contributed by atoms with Crippen molar-refractivity contribution in [2.75, 3.05) is 25.0 Å². The predicted octanol–water partition coefficient (Wildman–Crippen LogP) is 1.76. The molecule has 9 nitrogen and oxygen atoms in total. The summed E-state index contributed by atoms with van der Waals surface area (Å²) in [4.78, 5) is 37.3. The lowest BCUT2D eigenvalue weighted by molar-refractivity contribution is -0.152. The van der Waals surface area contributed by atoms with Gasteiger partial charge < -0.3 is 20.1 Å². The van der Waals surface area contributed by atoms with Gasteiger partial charge in [0.15, 0.2) is 5.54 Å². The van der Waals surface area contributed by atoms with Crippen molar-refractivity contribution in [3.63, 3.8) is 0 Å². The van der Waals surface area contributed by atoms with Gasteiger partial charge in [-0.1, -0.05) is 6.92 Å². The highest BCUT2D eigenvalue weighted by atomic mass is 16.5. The van der Waals surface area contributed by atoms with Crippen molar-refractivity contribution in [1.29, 1.82) is 0 Å². The first-order valence-corrected chi connectivity index (χ1v) is 8.66. The molecule has 2 unspecified atom stereocenters. The Labute approximate surface area is 152 Å². The van der Waals surface area contributed by atoms with E-state index in [9.17, 15) is 19.5 Å². The summed E-state index contributed by atoms with van der Waals surface area (Å²) in [5.74, 6) is -1.76. The van der Waals surface area contributed by atoms with Gasteiger partial charge in [-0.25, -0.2) is 9.59 Å². The molecule has 2 atom stereocenters. The van der Waals surface area contributed by atoms with Crippen LogP contribution in [0.15, 0.2) is 12.4 Å². The average molecular weight is 366 g/mol. The molecular weight excluding hydrogens is 340 g/mol. The summed E-state index contributed by atoms with van der Waals surface area (Å²) in [5.41, 5.74) is -0.579. The Hall–Kier alpha value is -2.58. The van der Waals surface area contributed by atoms with E-state index in [2.05, 4.69) is 10.4 Å². The number of carboxylic acid groups (broad SMARTS) is 1. The van der Waals surface area contributed by atoms with E-state index >= 15 is 0 Å². The minimum absolute atomic E-state index is 0.112. The third-order valence-electron chi connectivity index (χ3n) is 4.48. The lowest BCUT2D eigenvalue weighted by Crippen LogP contribution is -2.47. The maximum absolute atomic E-state index is 12.5. The summed E-state index contributed by atoms with van der Waals surface area (Å²) in [6.07, 6.45) is 3.56. The number of rotatable bonds is 5. The topological polar surface area (TPSA) is 114 Å². The number of likely N-dealkylation sites (tertiary alicyclic amines) is 1. The van der Waals surface area contributed by atoms with Gasteiger partial charge in [-0.3, -0.25) is 9.48 Å². The van der Waals surface area contributed by atoms with Crippen molar-refractivity contribution >= 4 is 23.7 Å². The molecule has 2 heterocycles. The number of ether oxygens (including phenoxy) is 1. The van der Waals surface area contributed by atoms with Crippen molar-refractivity contribution in [3.05, 3.63) is 12.4 Å². The van der Waals surface area contributed by atoms with Crippen LogP contribution in [0.4, 0.5) is 10.5 Å². The highest BCUT2D eigenvalue weighted by Gasteiger charge is 2.34. The molecule has 0 saturated carbocycles. The van der Waals surface area contributed by atoms with Crippen LogP contribution in [0.25, 0.3) is 0 Å². The van der Waals surface area contributed by atoms with Crippen LogP contribution in [0.3, 0.4) is 0 Å². The monoisotopic (exact) mass is 366 g/mol. The number of hydrogen-bond acceptors (Lipinski definition) is 5. The van der Waals surface area contributed by atoms with Gasteiger partial charge in [-0.2, -0.15) is 5.10 Å². The number of nitrogens with zero attached hydrogens (tertiary/aromatic N) is 3. The normalized spacial score (nSPS) is 20.5. The Morgan fingerprint density at radius 1 is 1.38 bits per heavy atom. The lowest BCUT2D eigenvalue weighted by atomic mass is 9.91. The molecule has 1 aromatic rings. The molecule has 1 fully saturated rings. The van der Waals surface area contributed by atoms with Crippen LogP contribution in [-0.4, -0.2) is 57.5 Å². The van der Waals surface area contributed by atoms with Gasteiger partial charge in [0.25, 0.3) is 0 Å². The van der Waals surface area contributed by atoms with Crippen molar-refractivity contribution in [3.8, 4) is 0 Å². The van der Waals surface area contributed by atoms with Gasteiger partial charge in [-0.15, -0.1) is 0 Å². The third kappa shape index (κ3) is 4.33. The zero-order chi connectivity index (χ0) is 19.5. The number of amides is 2. The Morgan fingerprint density at radius 3 is 2.69 bits per heavy atom. The Balaban J connectivity index is 2.05. The number of aromatic nitrogens is 2. The molecule has 2 rings (SSSR count). The van der Waals surface area contributed by atoms with E-state index in [1.54, 1.807) is 27.0 Å². The van der Waals surface area contributed by atoms with Crippen molar-refractivity contribution in [2.45, 2.75) is 39.7 Å². The molecule has 0 aromatic carbocycles. The standard InChI is InChI=1S/C17H26N4O5/c1-5-26-15(24)17(3,4)21-10-13(7-18-21)19-16(25)20-8-11(2)6-12(9-20)14(22)23/h7,10-12H,5-6,8-9H2,1-4H3,(H,19,25)(H,22,23). The van der Waals surface area contributed by atoms with E-state index < -0.39 is 23.4 Å². The van der Waals surface area contributed by atoms with Gasteiger partial charge >= 0.3 is 18.0 Å². The van der Waals surface area contributed by atoms with Crippen molar-refractivity contribution in [1.82, 2.24) is 14.7 Å². The number of carbonyl (C=O) groups excluding carboxylic acids is 2. The molecule has 0 radical (unpaired) electrons. The van der Waals surface area contributed by atoms with E-state index in [0.29, 0.717) is 18.7 Å². The number of anilines is 1. The number of carbonyl (C=O) groups is 3. The van der Waals surface area contributed by atoms with Crippen LogP contribution in [0.1, 0.15) is 34.1 Å². The summed E-state index contributed by atoms with van der Waals surface area (Å²) in [5, 5.41) is 16.1. The number of carboxylic acids is 1. The van der Waals surface area contributed by atoms with Crippen LogP contribution >= 0.6 is 0 Å². The third-order valence-corrected chi connectivity index (χ3v) is 4.48. The molecule has 0 spiro atoms. The number of piperidine rings is 1. The fourth-order valence-electron chi connectivity index (χ4n) is 2.99. The first-order valence-electron chi connectivity index (χ1n) is 8.66. The average Bonchev–Trinajstić information content (AvgIpc) is 3.03. The largest absolute Gasteiger partial charge is 0.481 e. The van der Waals surface area contributed by atoms with E-state index in [0.717, 1.165) is 0 Å². The summed E-state index contributed by atoms with van der Waals surface area (Å²) < 4.78 is 6.47. The minimum Gasteiger partial charge on any atom is -0.481 e. The fraction of sp³-hybridized carbons (Fsp3) is 0.647. The summed E-state index contributed by atoms with van der Waals surface area (Å²) in [6.45, 7) is 7.94. The van der Waals surface area contributed by atoms with Crippen LogP contribution in [0, 0.1) is 11.8 Å². The summed E-state index contributed by atoms with van der Waals surface area (Å²) in [7, 11) is 0. The van der Waals surface area contributed by atoms with Gasteiger partial charge in [0.1, 0.15) is 0 Å². The van der Waals surface area contributed by atoms with Crippen LogP contribution in [0.5, 0.6) is 0 Å². The van der Waals surface area contributed by atoms with Crippen molar-refractivity contribution in [2.24, 2.45) is 11.8 Å². The minimum atomic E-state index is -1.01. The van der Waals surface area contributed by atoms with E-state index in [-0.39, 0.29) is 25.1 Å². The summed E-state index contributed by atoms with van der Waals surface area (Å²) in [6, 6.07) is -0.378. The second-order valence-corrected chi connectivity index (χ2v) is 7.16. The van der Waals surface area contributed by atoms with Gasteiger partial charge in [0.05, 0.1) is 24.4 Å². The SMILES string of the molecule is CCOC(=O)C(C)(C)n1cc(NC(=O)N2CC(C)CC(C(=O)O)C2)cn1. The van der Waals surface area contributed by atoms with E-state index in [1.165, 1.54) is 15.8 Å². The first-order chi connectivity index (χ1) is 12.1. The molecule has 1 aliphatic heterocycles. The molecule has 144 valence electrons. The second kappa shape index (κ2) is 7.76. The first kappa shape index (κ1) is 19.7. The lowest BCUT2D eigenvalue weighted by Gasteiger charge is -2.34. The van der Waals surface area contributed by atoms with Crippen LogP contribution < -0.4 is 5.32 Å². The summed E-state index contributed by atoms with van der Waals surface area (Å²) >= 11 is 0. The molecule has 9 heteroatoms. The second-order valence-electron chi connectivity index (χ2n) is 7.16. The molecule has 26 heavy (non-hydrogen) atoms. The number of hydrogen-bond donors (Lipinski definition) is 2. The Bertz CT molecular complexity index is 684. The Morgan fingerprint density at radius 2 is 2.08 bits per heavy atom. The zero-order valence-corrected chi connectivity index (χ0v) is 15.6. The number of aliphatic carboxylic acids is 1. The maximum atomic E-state index is 12.5. The van der Waals surface area contributed by atoms with Gasteiger partial charge in [0, 0.05) is 19.3 Å². The smallest absolute Gasteiger partial charge is 0.333 e. The quantitative estimate of drug-likeness (QED) is 0.768. The molecule has 2 amide bonds. The van der Waals surface area contributed by atoms with Gasteiger partial charge in [0.2, 0.25) is 0 Å². The molecule has 1 aliphatic rings. The fourth-order valence-corrected chi connectivity index (χ4v) is 2.99. The van der Waals surface area contributed by atoms with Gasteiger partial charge in [-0.05, 0) is 33.1 Å². The zero-order valence-electron chi connectivity index (χ0n) is 15.6. The van der Waals surface area contributed by atoms with Crippen molar-refractivity contribution < 1.29 is 24.2 Å². The number of nitrogens with one attached hydrogen (secondary N) is 1. The Kier molecular flexibility index (Phi) is 5.89. The highest BCUT2D eigenvalue weighted by Crippen LogP contribution is 2.23. The highest BCUT2D eigenvalue weighted by molar-refractivity contribution is 5.89. The molecule has 0 bridgehead atoms. The van der Waals surface area contributed by atoms with E-state index in [1.807, 2.05) is 6.92 Å². The number of urea groups is 1. The predicted molar refractivity (Wildman–Crippen MR) is 93.7 cm³/mol. The molecule has 0 aliphatic carbocycles. The number of esters is 1. The molecule has 1 saturated heterocycles. The molecular formula is C17H26N4O5. The van der Waals surface area contributed by atoms with E-state index in [4.69, 9.17) is 4.74 Å². The van der Waals surface area contributed by atoms with Crippen LogP contribution in [-0.2, 0) is 19.9 Å². The van der Waals surface area contributed by atoms with Crippen LogP contribution in [0.2, 0.25) is 0 Å². The maximum Gasteiger partial charge on any atom is 0.333 e.